The Balaban J connectivity index is 2.10. The van der Waals surface area contributed by atoms with Crippen molar-refractivity contribution in [2.24, 2.45) is 0 Å². The Kier molecular flexibility index (Phi) is 2.81. The lowest BCUT2D eigenvalue weighted by atomic mass is 9.95. The molecule has 0 amide bonds. The molecular weight excluding hydrogens is 156 g/mol. The van der Waals surface area contributed by atoms with Crippen LogP contribution in [0.4, 0.5) is 0 Å². The standard InChI is InChI=1S/C13H16/c1-2-5-9-12(8-4-1)13-10-6-3-7-11-13/h1,3-4,6,8,11H,2,5,7,9-10H2. The van der Waals surface area contributed by atoms with Crippen LogP contribution in [0, 0.1) is 0 Å². The summed E-state index contributed by atoms with van der Waals surface area (Å²) in [4.78, 5) is 0. The van der Waals surface area contributed by atoms with E-state index in [2.05, 4.69) is 36.5 Å². The van der Waals surface area contributed by atoms with Gasteiger partial charge in [-0.2, -0.15) is 0 Å². The molecule has 0 heterocycles. The maximum atomic E-state index is 2.37. The minimum atomic E-state index is 1.12. The molecule has 0 bridgehead atoms. The molecule has 0 N–H and O–H groups in total. The van der Waals surface area contributed by atoms with Gasteiger partial charge in [0.1, 0.15) is 0 Å². The third-order valence-corrected chi connectivity index (χ3v) is 2.67. The summed E-state index contributed by atoms with van der Waals surface area (Å²) in [5.74, 6) is 0. The van der Waals surface area contributed by atoms with Crippen molar-refractivity contribution in [2.75, 3.05) is 0 Å². The van der Waals surface area contributed by atoms with Crippen molar-refractivity contribution in [1.29, 1.82) is 0 Å². The molecule has 0 fully saturated rings. The zero-order valence-electron chi connectivity index (χ0n) is 8.00. The van der Waals surface area contributed by atoms with Crippen LogP contribution in [0.5, 0.6) is 0 Å². The van der Waals surface area contributed by atoms with Gasteiger partial charge in [-0.3, -0.25) is 0 Å². The minimum absolute atomic E-state index is 1.12. The molecular formula is C13H16. The summed E-state index contributed by atoms with van der Waals surface area (Å²) >= 11 is 0. The van der Waals surface area contributed by atoms with Gasteiger partial charge in [-0.25, -0.2) is 0 Å². The van der Waals surface area contributed by atoms with Crippen molar-refractivity contribution in [1.82, 2.24) is 0 Å². The molecule has 0 atom stereocenters. The van der Waals surface area contributed by atoms with Crippen molar-refractivity contribution < 1.29 is 0 Å². The molecule has 0 aromatic rings. The van der Waals surface area contributed by atoms with Crippen molar-refractivity contribution in [3.8, 4) is 0 Å². The van der Waals surface area contributed by atoms with Gasteiger partial charge < -0.3 is 0 Å². The van der Waals surface area contributed by atoms with E-state index >= 15 is 0 Å². The monoisotopic (exact) mass is 172 g/mol. The predicted octanol–water partition coefficient (Wildman–Crippen LogP) is 3.93. The molecule has 0 radical (unpaired) electrons. The summed E-state index contributed by atoms with van der Waals surface area (Å²) in [6.45, 7) is 0. The first-order valence-electron chi connectivity index (χ1n) is 5.17. The number of allylic oxidation sites excluding steroid dienone is 8. The fourth-order valence-electron chi connectivity index (χ4n) is 1.90. The van der Waals surface area contributed by atoms with Crippen LogP contribution in [0.25, 0.3) is 0 Å². The lowest BCUT2D eigenvalue weighted by molar-refractivity contribution is 0.838. The summed E-state index contributed by atoms with van der Waals surface area (Å²) in [5.41, 5.74) is 3.10. The zero-order chi connectivity index (χ0) is 8.93. The van der Waals surface area contributed by atoms with Gasteiger partial charge in [-0.1, -0.05) is 36.5 Å². The summed E-state index contributed by atoms with van der Waals surface area (Å²) in [5, 5.41) is 0. The van der Waals surface area contributed by atoms with Crippen LogP contribution < -0.4 is 0 Å². The van der Waals surface area contributed by atoms with Gasteiger partial charge in [0.25, 0.3) is 0 Å². The number of rotatable bonds is 1. The summed E-state index contributed by atoms with van der Waals surface area (Å²) in [6.07, 6.45) is 19.7. The van der Waals surface area contributed by atoms with E-state index in [4.69, 9.17) is 0 Å². The molecule has 2 rings (SSSR count). The molecule has 0 nitrogen and oxygen atoms in total. The van der Waals surface area contributed by atoms with Crippen LogP contribution in [0.1, 0.15) is 32.1 Å². The molecule has 0 saturated heterocycles. The number of hydrogen-bond acceptors (Lipinski definition) is 0. The number of hydrogen-bond donors (Lipinski definition) is 0. The molecule has 2 aliphatic rings. The largest absolute Gasteiger partial charge is 0.0845 e. The predicted molar refractivity (Wildman–Crippen MR) is 57.5 cm³/mol. The third-order valence-electron chi connectivity index (χ3n) is 2.67. The fourth-order valence-corrected chi connectivity index (χ4v) is 1.90. The highest BCUT2D eigenvalue weighted by atomic mass is 14.1. The van der Waals surface area contributed by atoms with E-state index in [1.165, 1.54) is 19.3 Å². The van der Waals surface area contributed by atoms with Gasteiger partial charge in [0.2, 0.25) is 0 Å². The fraction of sp³-hybridized carbons (Fsp3) is 0.385. The summed E-state index contributed by atoms with van der Waals surface area (Å²) in [6, 6.07) is 0. The smallest absolute Gasteiger partial charge is 0.00977 e. The topological polar surface area (TPSA) is 0 Å². The Hall–Kier alpha value is -1.04. The SMILES string of the molecule is C1=CCCCC(C2=CCC=CC2)=C1. The molecule has 2 aliphatic carbocycles. The van der Waals surface area contributed by atoms with Crippen molar-refractivity contribution in [3.05, 3.63) is 47.6 Å². The molecule has 0 aliphatic heterocycles. The second-order valence-electron chi connectivity index (χ2n) is 3.65. The van der Waals surface area contributed by atoms with E-state index in [-0.39, 0.29) is 0 Å². The Morgan fingerprint density at radius 2 is 2.00 bits per heavy atom. The van der Waals surface area contributed by atoms with Crippen LogP contribution in [-0.4, -0.2) is 0 Å². The first kappa shape index (κ1) is 8.55. The van der Waals surface area contributed by atoms with E-state index in [0.29, 0.717) is 0 Å². The molecule has 68 valence electrons. The van der Waals surface area contributed by atoms with Crippen molar-refractivity contribution >= 4 is 0 Å². The van der Waals surface area contributed by atoms with Crippen LogP contribution in [0.3, 0.4) is 0 Å². The minimum Gasteiger partial charge on any atom is -0.0845 e. The van der Waals surface area contributed by atoms with Crippen LogP contribution in [0.15, 0.2) is 47.6 Å². The van der Waals surface area contributed by atoms with E-state index in [1.807, 2.05) is 0 Å². The molecule has 0 heteroatoms. The molecule has 0 aromatic carbocycles. The second-order valence-corrected chi connectivity index (χ2v) is 3.65. The average molecular weight is 172 g/mol. The molecule has 0 unspecified atom stereocenters. The highest BCUT2D eigenvalue weighted by Crippen LogP contribution is 2.25. The maximum Gasteiger partial charge on any atom is -0.00977 e. The Labute approximate surface area is 80.3 Å². The quantitative estimate of drug-likeness (QED) is 0.526. The van der Waals surface area contributed by atoms with E-state index in [0.717, 1.165) is 12.8 Å². The van der Waals surface area contributed by atoms with E-state index in [9.17, 15) is 0 Å². The first-order valence-corrected chi connectivity index (χ1v) is 5.17. The highest BCUT2D eigenvalue weighted by molar-refractivity contribution is 5.37. The van der Waals surface area contributed by atoms with Crippen LogP contribution in [-0.2, 0) is 0 Å². The van der Waals surface area contributed by atoms with Crippen molar-refractivity contribution in [2.45, 2.75) is 32.1 Å². The summed E-state index contributed by atoms with van der Waals surface area (Å²) in [7, 11) is 0. The van der Waals surface area contributed by atoms with Crippen LogP contribution >= 0.6 is 0 Å². The molecule has 13 heavy (non-hydrogen) atoms. The van der Waals surface area contributed by atoms with Crippen molar-refractivity contribution in [3.63, 3.8) is 0 Å². The van der Waals surface area contributed by atoms with E-state index in [1.54, 1.807) is 11.1 Å². The van der Waals surface area contributed by atoms with Crippen LogP contribution in [0.2, 0.25) is 0 Å². The Morgan fingerprint density at radius 3 is 2.85 bits per heavy atom. The second kappa shape index (κ2) is 4.27. The van der Waals surface area contributed by atoms with Gasteiger partial charge in [0.15, 0.2) is 0 Å². The molecule has 0 saturated carbocycles. The molecule has 0 aromatic heterocycles. The van der Waals surface area contributed by atoms with Gasteiger partial charge in [-0.15, -0.1) is 0 Å². The molecule has 0 spiro atoms. The highest BCUT2D eigenvalue weighted by Gasteiger charge is 2.05. The van der Waals surface area contributed by atoms with Gasteiger partial charge in [0.05, 0.1) is 0 Å². The normalized spacial score (nSPS) is 22.2. The lowest BCUT2D eigenvalue weighted by Crippen LogP contribution is -1.91. The Morgan fingerprint density at radius 1 is 1.00 bits per heavy atom. The van der Waals surface area contributed by atoms with Gasteiger partial charge >= 0.3 is 0 Å². The third kappa shape index (κ3) is 2.21. The van der Waals surface area contributed by atoms with Gasteiger partial charge in [-0.05, 0) is 43.3 Å². The first-order chi connectivity index (χ1) is 6.47. The van der Waals surface area contributed by atoms with E-state index < -0.39 is 0 Å². The average Bonchev–Trinajstić information content (AvgIpc) is 2.47. The Bertz CT molecular complexity index is 287. The van der Waals surface area contributed by atoms with Gasteiger partial charge in [0, 0.05) is 0 Å². The lowest BCUT2D eigenvalue weighted by Gasteiger charge is -2.11. The maximum absolute atomic E-state index is 2.37. The summed E-state index contributed by atoms with van der Waals surface area (Å²) < 4.78 is 0. The zero-order valence-corrected chi connectivity index (χ0v) is 8.00.